The summed E-state index contributed by atoms with van der Waals surface area (Å²) in [6, 6.07) is 6.94. The Morgan fingerprint density at radius 2 is 1.65 bits per heavy atom. The van der Waals surface area contributed by atoms with E-state index in [9.17, 15) is 14.4 Å². The summed E-state index contributed by atoms with van der Waals surface area (Å²) in [5, 5.41) is 5.34. The smallest absolute Gasteiger partial charge is 0.408 e. The Morgan fingerprint density at radius 1 is 1.10 bits per heavy atom. The average Bonchev–Trinajstić information content (AvgIpc) is 3.15. The molecule has 0 spiro atoms. The number of hydrogen-bond donors (Lipinski definition) is 2. The number of carbonyl (C=O) groups is 3. The minimum absolute atomic E-state index is 0.0890. The Labute approximate surface area is 186 Å². The van der Waals surface area contributed by atoms with Crippen molar-refractivity contribution in [1.29, 1.82) is 0 Å². The van der Waals surface area contributed by atoms with Crippen LogP contribution in [0.2, 0.25) is 0 Å². The van der Waals surface area contributed by atoms with E-state index in [0.717, 1.165) is 11.1 Å². The normalized spacial score (nSPS) is 14.7. The summed E-state index contributed by atoms with van der Waals surface area (Å²) in [5.74, 6) is -0.429. The molecule has 1 aromatic rings. The highest BCUT2D eigenvalue weighted by Crippen LogP contribution is 2.22. The van der Waals surface area contributed by atoms with Crippen LogP contribution in [0.25, 0.3) is 0 Å². The maximum atomic E-state index is 12.5. The van der Waals surface area contributed by atoms with E-state index >= 15 is 0 Å². The zero-order chi connectivity index (χ0) is 23.6. The molecule has 3 amide bonds. The van der Waals surface area contributed by atoms with Crippen molar-refractivity contribution in [3.8, 4) is 0 Å². The van der Waals surface area contributed by atoms with Gasteiger partial charge in [0.15, 0.2) is 0 Å². The molecule has 172 valence electrons. The summed E-state index contributed by atoms with van der Waals surface area (Å²) in [7, 11) is 0. The first kappa shape index (κ1) is 26.2. The summed E-state index contributed by atoms with van der Waals surface area (Å²) in [6.07, 6.45) is 3.18. The molecule has 0 aliphatic carbocycles. The van der Waals surface area contributed by atoms with Gasteiger partial charge in [-0.2, -0.15) is 0 Å². The predicted octanol–water partition coefficient (Wildman–Crippen LogP) is 3.92. The first-order valence-corrected chi connectivity index (χ1v) is 10.9. The first-order chi connectivity index (χ1) is 14.6. The molecule has 0 radical (unpaired) electrons. The van der Waals surface area contributed by atoms with Gasteiger partial charge in [0.2, 0.25) is 11.8 Å². The zero-order valence-corrected chi connectivity index (χ0v) is 19.8. The van der Waals surface area contributed by atoms with Crippen molar-refractivity contribution in [1.82, 2.24) is 15.5 Å². The van der Waals surface area contributed by atoms with Gasteiger partial charge >= 0.3 is 6.09 Å². The Kier molecular flexibility index (Phi) is 10.3. The van der Waals surface area contributed by atoms with Crippen molar-refractivity contribution in [2.24, 2.45) is 0 Å². The van der Waals surface area contributed by atoms with E-state index in [1.807, 2.05) is 45.0 Å². The third kappa shape index (κ3) is 8.82. The van der Waals surface area contributed by atoms with E-state index in [-0.39, 0.29) is 17.9 Å². The van der Waals surface area contributed by atoms with Gasteiger partial charge in [0.25, 0.3) is 0 Å². The van der Waals surface area contributed by atoms with Gasteiger partial charge in [-0.3, -0.25) is 9.59 Å². The van der Waals surface area contributed by atoms with E-state index in [0.29, 0.717) is 19.5 Å². The van der Waals surface area contributed by atoms with Crippen LogP contribution in [0.3, 0.4) is 0 Å². The summed E-state index contributed by atoms with van der Waals surface area (Å²) in [5.41, 5.74) is 1.69. The van der Waals surface area contributed by atoms with E-state index in [1.165, 1.54) is 6.08 Å². The Morgan fingerprint density at radius 3 is 2.13 bits per heavy atom. The number of amides is 3. The largest absolute Gasteiger partial charge is 0.444 e. The van der Waals surface area contributed by atoms with Gasteiger partial charge in [-0.05, 0) is 45.2 Å². The molecule has 0 bridgehead atoms. The number of nitrogens with one attached hydrogen (secondary N) is 2. The van der Waals surface area contributed by atoms with Gasteiger partial charge < -0.3 is 20.3 Å². The lowest BCUT2D eigenvalue weighted by Crippen LogP contribution is -2.48. The molecule has 1 aliphatic heterocycles. The Bertz CT molecular complexity index is 758. The fourth-order valence-electron chi connectivity index (χ4n) is 2.94. The fourth-order valence-corrected chi connectivity index (χ4v) is 2.94. The molecule has 0 aromatic heterocycles. The number of hydrogen-bond acceptors (Lipinski definition) is 4. The van der Waals surface area contributed by atoms with E-state index < -0.39 is 17.7 Å². The highest BCUT2D eigenvalue weighted by atomic mass is 16.6. The predicted molar refractivity (Wildman–Crippen MR) is 122 cm³/mol. The molecule has 0 saturated heterocycles. The quantitative estimate of drug-likeness (QED) is 0.668. The van der Waals surface area contributed by atoms with Crippen molar-refractivity contribution in [2.45, 2.75) is 85.7 Å². The third-order valence-electron chi connectivity index (χ3n) is 4.52. The van der Waals surface area contributed by atoms with Gasteiger partial charge in [-0.1, -0.05) is 51.1 Å². The van der Waals surface area contributed by atoms with Crippen LogP contribution in [0, 0.1) is 0 Å². The summed E-state index contributed by atoms with van der Waals surface area (Å²) in [6.45, 7) is 14.0. The van der Waals surface area contributed by atoms with Crippen LogP contribution in [-0.2, 0) is 27.4 Å². The lowest BCUT2D eigenvalue weighted by molar-refractivity contribution is -0.126. The highest BCUT2D eigenvalue weighted by Gasteiger charge is 2.23. The number of alkyl carbamates (subject to hydrolysis) is 1. The minimum atomic E-state index is -0.754. The number of rotatable bonds is 6. The minimum Gasteiger partial charge on any atom is -0.444 e. The van der Waals surface area contributed by atoms with Crippen molar-refractivity contribution < 1.29 is 19.1 Å². The SMILES string of the molecule is CC.CC[C@@H](/C=C/C(=O)N1Cc2ccccc2C1)NC(=O)[C@H](C)NC(=O)OC(C)(C)C. The van der Waals surface area contributed by atoms with Crippen LogP contribution < -0.4 is 10.6 Å². The Hall–Kier alpha value is -2.83. The number of benzene rings is 1. The fraction of sp³-hybridized carbons (Fsp3) is 0.542. The van der Waals surface area contributed by atoms with Crippen LogP contribution in [0.4, 0.5) is 4.79 Å². The van der Waals surface area contributed by atoms with Gasteiger partial charge in [-0.15, -0.1) is 0 Å². The molecule has 2 atom stereocenters. The second kappa shape index (κ2) is 12.1. The molecule has 0 saturated carbocycles. The molecule has 31 heavy (non-hydrogen) atoms. The molecule has 1 aromatic carbocycles. The number of carbonyl (C=O) groups excluding carboxylic acids is 3. The zero-order valence-electron chi connectivity index (χ0n) is 19.8. The number of fused-ring (bicyclic) bond motifs is 1. The summed E-state index contributed by atoms with van der Waals surface area (Å²) < 4.78 is 5.16. The topological polar surface area (TPSA) is 87.7 Å². The van der Waals surface area contributed by atoms with Crippen LogP contribution in [0.5, 0.6) is 0 Å². The van der Waals surface area contributed by atoms with Gasteiger partial charge in [0, 0.05) is 25.2 Å². The molecule has 1 heterocycles. The molecule has 7 heteroatoms. The van der Waals surface area contributed by atoms with Gasteiger partial charge in [0.1, 0.15) is 11.6 Å². The van der Waals surface area contributed by atoms with Crippen LogP contribution >= 0.6 is 0 Å². The monoisotopic (exact) mass is 431 g/mol. The van der Waals surface area contributed by atoms with Gasteiger partial charge in [-0.25, -0.2) is 4.79 Å². The molecule has 7 nitrogen and oxygen atoms in total. The molecular formula is C24H37N3O4. The molecule has 2 N–H and O–H groups in total. The number of nitrogens with zero attached hydrogens (tertiary/aromatic N) is 1. The lowest BCUT2D eigenvalue weighted by Gasteiger charge is -2.22. The lowest BCUT2D eigenvalue weighted by atomic mass is 10.1. The standard InChI is InChI=1S/C22H31N3O4.C2H6/c1-6-18(24-20(27)15(2)23-21(28)29-22(3,4)5)11-12-19(26)25-13-16-9-7-8-10-17(16)14-25;1-2/h7-12,15,18H,6,13-14H2,1-5H3,(H,23,28)(H,24,27);1-2H3/b12-11+;/t15-,18-;/m0./s1. The average molecular weight is 432 g/mol. The van der Waals surface area contributed by atoms with Crippen LogP contribution in [0.15, 0.2) is 36.4 Å². The maximum absolute atomic E-state index is 12.5. The Balaban J connectivity index is 0.00000233. The van der Waals surface area contributed by atoms with Crippen molar-refractivity contribution in [2.75, 3.05) is 0 Å². The second-order valence-electron chi connectivity index (χ2n) is 8.21. The van der Waals surface area contributed by atoms with Crippen molar-refractivity contribution in [3.05, 3.63) is 47.5 Å². The van der Waals surface area contributed by atoms with E-state index in [4.69, 9.17) is 4.74 Å². The van der Waals surface area contributed by atoms with Crippen LogP contribution in [0.1, 0.15) is 66.0 Å². The highest BCUT2D eigenvalue weighted by molar-refractivity contribution is 5.89. The maximum Gasteiger partial charge on any atom is 0.408 e. The third-order valence-corrected chi connectivity index (χ3v) is 4.52. The second-order valence-corrected chi connectivity index (χ2v) is 8.21. The number of ether oxygens (including phenoxy) is 1. The van der Waals surface area contributed by atoms with E-state index in [1.54, 1.807) is 38.7 Å². The summed E-state index contributed by atoms with van der Waals surface area (Å²) in [4.78, 5) is 38.4. The molecular weight excluding hydrogens is 394 g/mol. The molecule has 0 unspecified atom stereocenters. The van der Waals surface area contributed by atoms with Crippen molar-refractivity contribution in [3.63, 3.8) is 0 Å². The first-order valence-electron chi connectivity index (χ1n) is 10.9. The molecule has 2 rings (SSSR count). The van der Waals surface area contributed by atoms with Crippen LogP contribution in [-0.4, -0.2) is 40.5 Å². The van der Waals surface area contributed by atoms with Crippen molar-refractivity contribution >= 4 is 17.9 Å². The van der Waals surface area contributed by atoms with Gasteiger partial charge in [0.05, 0.1) is 0 Å². The van der Waals surface area contributed by atoms with E-state index in [2.05, 4.69) is 10.6 Å². The molecule has 1 aliphatic rings. The summed E-state index contributed by atoms with van der Waals surface area (Å²) >= 11 is 0. The molecule has 0 fully saturated rings.